The van der Waals surface area contributed by atoms with Crippen LogP contribution in [-0.4, -0.2) is 45.1 Å². The molecule has 1 N–H and O–H groups in total. The number of carbonyl (C=O) groups is 2. The summed E-state index contributed by atoms with van der Waals surface area (Å²) in [4.78, 5) is 26.0. The second-order valence-electron chi connectivity index (χ2n) is 10.8. The molecule has 2 unspecified atom stereocenters. The summed E-state index contributed by atoms with van der Waals surface area (Å²) in [5.41, 5.74) is 2.30. The molecule has 4 atom stereocenters. The molecule has 196 valence electrons. The molecular formula is C28H44N2O4S. The molecular weight excluding hydrogens is 460 g/mol. The number of aliphatic hydroxyl groups excluding tert-OH is 1. The first-order chi connectivity index (χ1) is 16.4. The molecule has 2 heterocycles. The van der Waals surface area contributed by atoms with E-state index in [9.17, 15) is 14.7 Å². The van der Waals surface area contributed by atoms with E-state index in [-0.39, 0.29) is 30.2 Å². The second-order valence-corrected chi connectivity index (χ2v) is 11.6. The van der Waals surface area contributed by atoms with Gasteiger partial charge in [0, 0.05) is 31.2 Å². The van der Waals surface area contributed by atoms with E-state index in [4.69, 9.17) is 4.74 Å². The van der Waals surface area contributed by atoms with Crippen LogP contribution in [0.1, 0.15) is 85.8 Å². The molecule has 7 heteroatoms. The molecule has 0 spiro atoms. The predicted molar refractivity (Wildman–Crippen MR) is 143 cm³/mol. The number of thioether (sulfide) groups is 1. The number of hydrogen-bond acceptors (Lipinski definition) is 6. The number of rotatable bonds is 3. The van der Waals surface area contributed by atoms with E-state index < -0.39 is 17.4 Å². The first-order valence-electron chi connectivity index (χ1n) is 12.7. The maximum absolute atomic E-state index is 13.2. The van der Waals surface area contributed by atoms with Crippen LogP contribution in [0.5, 0.6) is 0 Å². The summed E-state index contributed by atoms with van der Waals surface area (Å²) in [5.74, 6) is -0.740. The van der Waals surface area contributed by atoms with Crippen LogP contribution in [-0.2, 0) is 21.4 Å². The summed E-state index contributed by atoms with van der Waals surface area (Å²) in [6.07, 6.45) is 8.94. The van der Waals surface area contributed by atoms with Gasteiger partial charge in [-0.1, -0.05) is 39.3 Å². The van der Waals surface area contributed by atoms with Gasteiger partial charge in [-0.15, -0.1) is 11.8 Å². The Morgan fingerprint density at radius 2 is 1.97 bits per heavy atom. The number of ether oxygens (including phenoxy) is 1. The van der Waals surface area contributed by atoms with Crippen molar-refractivity contribution in [3.63, 3.8) is 0 Å². The van der Waals surface area contributed by atoms with Crippen molar-refractivity contribution >= 4 is 29.6 Å². The van der Waals surface area contributed by atoms with E-state index in [1.54, 1.807) is 11.8 Å². The topological polar surface area (TPSA) is 81.4 Å². The minimum absolute atomic E-state index is 0.000182. The van der Waals surface area contributed by atoms with Crippen molar-refractivity contribution in [3.05, 3.63) is 29.0 Å². The first-order valence-corrected chi connectivity index (χ1v) is 13.9. The maximum Gasteiger partial charge on any atom is 0.306 e. The van der Waals surface area contributed by atoms with Crippen molar-refractivity contribution in [2.24, 2.45) is 24.3 Å². The summed E-state index contributed by atoms with van der Waals surface area (Å²) < 4.78 is 7.78. The molecule has 2 rings (SSSR count). The second kappa shape index (κ2) is 12.9. The smallest absolute Gasteiger partial charge is 0.306 e. The molecule has 1 aromatic rings. The minimum Gasteiger partial charge on any atom is -0.457 e. The summed E-state index contributed by atoms with van der Waals surface area (Å²) in [7, 11) is 1.92. The summed E-state index contributed by atoms with van der Waals surface area (Å²) in [6, 6.07) is 2.03. The minimum atomic E-state index is -0.713. The van der Waals surface area contributed by atoms with Crippen molar-refractivity contribution in [1.82, 2.24) is 9.78 Å². The van der Waals surface area contributed by atoms with E-state index in [0.29, 0.717) is 12.8 Å². The molecule has 1 aliphatic rings. The van der Waals surface area contributed by atoms with Crippen LogP contribution in [0.2, 0.25) is 0 Å². The maximum atomic E-state index is 13.2. The number of cyclic esters (lactones) is 1. The molecule has 0 saturated carbocycles. The SMILES string of the molecule is CSc1cc(/C=C(\C)C2C/C=C(/C)CCC[C@H](C)C(O)[C@@H](C)C(=O)C(C)(C)CCC(=O)O2)nn1C. The van der Waals surface area contributed by atoms with Crippen LogP contribution in [0.4, 0.5) is 0 Å². The van der Waals surface area contributed by atoms with Crippen LogP contribution < -0.4 is 0 Å². The number of aliphatic hydroxyl groups is 1. The predicted octanol–water partition coefficient (Wildman–Crippen LogP) is 5.99. The van der Waals surface area contributed by atoms with E-state index in [2.05, 4.69) is 18.1 Å². The highest BCUT2D eigenvalue weighted by molar-refractivity contribution is 7.98. The number of nitrogens with zero attached hydrogens (tertiary/aromatic N) is 2. The lowest BCUT2D eigenvalue weighted by molar-refractivity contribution is -0.148. The van der Waals surface area contributed by atoms with Gasteiger partial charge in [0.05, 0.1) is 16.8 Å². The van der Waals surface area contributed by atoms with Crippen LogP contribution in [0.15, 0.2) is 28.3 Å². The molecule has 6 nitrogen and oxygen atoms in total. The number of aryl methyl sites for hydroxylation is 1. The molecule has 0 saturated heterocycles. The zero-order valence-electron chi connectivity index (χ0n) is 22.8. The highest BCUT2D eigenvalue weighted by atomic mass is 32.2. The Kier molecular flexibility index (Phi) is 10.8. The zero-order chi connectivity index (χ0) is 26.3. The standard InChI is InChI=1S/C28H44N2O4S/c1-18-10-9-11-19(2)26(32)21(4)27(33)28(5,6)15-14-25(31)34-23(13-12-18)20(3)16-22-17-24(35-8)30(7)29-22/h12,16-17,19,21,23,26,32H,9-11,13-15H2,1-8H3/b18-12-,20-16+/t19-,21+,23?,26?/m0/s1. The van der Waals surface area contributed by atoms with Crippen molar-refractivity contribution in [1.29, 1.82) is 0 Å². The highest BCUT2D eigenvalue weighted by Gasteiger charge is 2.36. The lowest BCUT2D eigenvalue weighted by atomic mass is 9.74. The quantitative estimate of drug-likeness (QED) is 0.309. The Morgan fingerprint density at radius 1 is 1.29 bits per heavy atom. The van der Waals surface area contributed by atoms with Gasteiger partial charge in [0.1, 0.15) is 11.9 Å². The molecule has 1 aliphatic heterocycles. The highest BCUT2D eigenvalue weighted by Crippen LogP contribution is 2.32. The molecule has 0 fully saturated rings. The van der Waals surface area contributed by atoms with Crippen LogP contribution >= 0.6 is 11.8 Å². The van der Waals surface area contributed by atoms with E-state index in [0.717, 1.165) is 35.6 Å². The molecule has 0 radical (unpaired) electrons. The largest absolute Gasteiger partial charge is 0.457 e. The van der Waals surface area contributed by atoms with Gasteiger partial charge < -0.3 is 9.84 Å². The summed E-state index contributed by atoms with van der Waals surface area (Å²) in [5, 5.41) is 16.4. The summed E-state index contributed by atoms with van der Waals surface area (Å²) in [6.45, 7) is 11.6. The Labute approximate surface area is 215 Å². The van der Waals surface area contributed by atoms with Gasteiger partial charge in [-0.3, -0.25) is 14.3 Å². The van der Waals surface area contributed by atoms with E-state index >= 15 is 0 Å². The van der Waals surface area contributed by atoms with Gasteiger partial charge in [-0.2, -0.15) is 5.10 Å². The van der Waals surface area contributed by atoms with Gasteiger partial charge in [0.25, 0.3) is 0 Å². The average Bonchev–Trinajstić information content (AvgIpc) is 3.16. The Morgan fingerprint density at radius 3 is 2.60 bits per heavy atom. The molecule has 0 bridgehead atoms. The lowest BCUT2D eigenvalue weighted by Crippen LogP contribution is -2.39. The molecule has 0 amide bonds. The molecule has 0 aromatic carbocycles. The van der Waals surface area contributed by atoms with Crippen molar-refractivity contribution in [2.45, 2.75) is 97.3 Å². The first kappa shape index (κ1) is 29.4. The third-order valence-corrected chi connectivity index (χ3v) is 8.06. The number of Topliss-reactive ketones (excluding diaryl/α,β-unsaturated/α-hetero) is 1. The summed E-state index contributed by atoms with van der Waals surface area (Å²) >= 11 is 1.64. The Bertz CT molecular complexity index is 947. The molecule has 1 aromatic heterocycles. The van der Waals surface area contributed by atoms with E-state index in [1.807, 2.05) is 64.7 Å². The fourth-order valence-electron chi connectivity index (χ4n) is 4.69. The molecule has 35 heavy (non-hydrogen) atoms. The van der Waals surface area contributed by atoms with Gasteiger partial charge in [-0.25, -0.2) is 0 Å². The fraction of sp³-hybridized carbons (Fsp3) is 0.679. The third-order valence-electron chi connectivity index (χ3n) is 7.26. The fourth-order valence-corrected chi connectivity index (χ4v) is 5.23. The average molecular weight is 505 g/mol. The Hall–Kier alpha value is -1.86. The van der Waals surface area contributed by atoms with E-state index in [1.165, 1.54) is 5.57 Å². The number of allylic oxidation sites excluding steroid dienone is 1. The monoisotopic (exact) mass is 504 g/mol. The Balaban J connectivity index is 2.29. The lowest BCUT2D eigenvalue weighted by Gasteiger charge is -2.31. The van der Waals surface area contributed by atoms with Crippen molar-refractivity contribution < 1.29 is 19.4 Å². The number of esters is 1. The number of hydrogen-bond donors (Lipinski definition) is 1. The number of aromatic nitrogens is 2. The third kappa shape index (κ3) is 8.35. The van der Waals surface area contributed by atoms with Crippen molar-refractivity contribution in [2.75, 3.05) is 6.26 Å². The van der Waals surface area contributed by atoms with Gasteiger partial charge >= 0.3 is 5.97 Å². The van der Waals surface area contributed by atoms with Gasteiger partial charge in [0.15, 0.2) is 0 Å². The van der Waals surface area contributed by atoms with Crippen LogP contribution in [0, 0.1) is 17.3 Å². The van der Waals surface area contributed by atoms with Crippen molar-refractivity contribution in [3.8, 4) is 0 Å². The molecule has 0 aliphatic carbocycles. The van der Waals surface area contributed by atoms with Gasteiger partial charge in [0.2, 0.25) is 0 Å². The van der Waals surface area contributed by atoms with Gasteiger partial charge in [-0.05, 0) is 69.4 Å². The number of ketones is 1. The number of carbonyl (C=O) groups excluding carboxylic acids is 2. The van der Waals surface area contributed by atoms with Crippen LogP contribution in [0.25, 0.3) is 6.08 Å². The normalized spacial score (nSPS) is 29.4. The van der Waals surface area contributed by atoms with Crippen LogP contribution in [0.3, 0.4) is 0 Å². The zero-order valence-corrected chi connectivity index (χ0v) is 23.6.